The SMILES string of the molecule is COc1cc(CNC2CCN(Cc3ccccc3)CC2)cc(Br)c1OCc1ccccc1Cl.Cl.Cl. The highest BCUT2D eigenvalue weighted by molar-refractivity contribution is 9.10. The second-order valence-corrected chi connectivity index (χ2v) is 9.67. The Bertz CT molecular complexity index is 1050. The lowest BCUT2D eigenvalue weighted by Crippen LogP contribution is -2.41. The Kier molecular flexibility index (Phi) is 12.7. The van der Waals surface area contributed by atoms with Gasteiger partial charge in [0, 0.05) is 29.7 Å². The molecule has 190 valence electrons. The number of piperidine rings is 1. The highest BCUT2D eigenvalue weighted by Crippen LogP contribution is 2.37. The van der Waals surface area contributed by atoms with E-state index in [1.807, 2.05) is 30.3 Å². The van der Waals surface area contributed by atoms with Gasteiger partial charge in [-0.3, -0.25) is 4.90 Å². The minimum Gasteiger partial charge on any atom is -0.493 e. The lowest BCUT2D eigenvalue weighted by Gasteiger charge is -2.32. The van der Waals surface area contributed by atoms with Crippen molar-refractivity contribution >= 4 is 52.3 Å². The molecule has 0 spiro atoms. The lowest BCUT2D eigenvalue weighted by atomic mass is 10.0. The topological polar surface area (TPSA) is 33.7 Å². The zero-order valence-electron chi connectivity index (χ0n) is 19.7. The van der Waals surface area contributed by atoms with Crippen molar-refractivity contribution in [3.8, 4) is 11.5 Å². The standard InChI is InChI=1S/C27H30BrClN2O2.2ClH/c1-32-26-16-21(15-24(28)27(26)33-19-22-9-5-6-10-25(22)29)17-30-23-11-13-31(14-12-23)18-20-7-3-2-4-8-20;;/h2-10,15-16,23,30H,11-14,17-19H2,1H3;2*1H. The summed E-state index contributed by atoms with van der Waals surface area (Å²) in [7, 11) is 1.67. The summed E-state index contributed by atoms with van der Waals surface area (Å²) in [5.41, 5.74) is 3.49. The number of nitrogens with one attached hydrogen (secondary N) is 1. The molecule has 3 aromatic rings. The first-order valence-electron chi connectivity index (χ1n) is 11.3. The van der Waals surface area contributed by atoms with Crippen LogP contribution >= 0.6 is 52.3 Å². The minimum atomic E-state index is 0. The molecule has 4 nitrogen and oxygen atoms in total. The van der Waals surface area contributed by atoms with Gasteiger partial charge in [-0.05, 0) is 71.2 Å². The third-order valence-electron chi connectivity index (χ3n) is 6.05. The predicted octanol–water partition coefficient (Wildman–Crippen LogP) is 7.29. The van der Waals surface area contributed by atoms with Crippen LogP contribution in [0.4, 0.5) is 0 Å². The lowest BCUT2D eigenvalue weighted by molar-refractivity contribution is 0.190. The summed E-state index contributed by atoms with van der Waals surface area (Å²) in [5, 5.41) is 4.42. The highest BCUT2D eigenvalue weighted by Gasteiger charge is 2.19. The summed E-state index contributed by atoms with van der Waals surface area (Å²) < 4.78 is 12.6. The van der Waals surface area contributed by atoms with Gasteiger partial charge in [-0.25, -0.2) is 0 Å². The number of benzene rings is 3. The van der Waals surface area contributed by atoms with Gasteiger partial charge in [0.05, 0.1) is 11.6 Å². The molecule has 0 saturated carbocycles. The fourth-order valence-electron chi connectivity index (χ4n) is 4.18. The van der Waals surface area contributed by atoms with Gasteiger partial charge < -0.3 is 14.8 Å². The Morgan fingerprint density at radius 1 is 0.971 bits per heavy atom. The highest BCUT2D eigenvalue weighted by atomic mass is 79.9. The first-order chi connectivity index (χ1) is 16.1. The summed E-state index contributed by atoms with van der Waals surface area (Å²) in [6.07, 6.45) is 2.31. The first-order valence-corrected chi connectivity index (χ1v) is 12.5. The zero-order chi connectivity index (χ0) is 23.0. The van der Waals surface area contributed by atoms with E-state index >= 15 is 0 Å². The smallest absolute Gasteiger partial charge is 0.175 e. The minimum absolute atomic E-state index is 0. The molecule has 1 aliphatic rings. The number of nitrogens with zero attached hydrogens (tertiary/aromatic N) is 1. The number of likely N-dealkylation sites (tertiary alicyclic amines) is 1. The van der Waals surface area contributed by atoms with Crippen molar-refractivity contribution in [2.24, 2.45) is 0 Å². The molecule has 0 atom stereocenters. The van der Waals surface area contributed by atoms with Gasteiger partial charge in [0.2, 0.25) is 0 Å². The summed E-state index contributed by atoms with van der Waals surface area (Å²) in [6.45, 7) is 4.45. The molecule has 1 heterocycles. The van der Waals surface area contributed by atoms with Crippen molar-refractivity contribution in [3.05, 3.63) is 92.9 Å². The largest absolute Gasteiger partial charge is 0.493 e. The maximum atomic E-state index is 6.26. The molecule has 0 bridgehead atoms. The monoisotopic (exact) mass is 600 g/mol. The van der Waals surface area contributed by atoms with Crippen LogP contribution in [0.25, 0.3) is 0 Å². The molecule has 0 amide bonds. The van der Waals surface area contributed by atoms with Gasteiger partial charge in [0.25, 0.3) is 0 Å². The molecule has 1 fully saturated rings. The first kappa shape index (κ1) is 29.8. The summed E-state index contributed by atoms with van der Waals surface area (Å²) in [4.78, 5) is 2.54. The number of halogens is 4. The number of methoxy groups -OCH3 is 1. The third-order valence-corrected chi connectivity index (χ3v) is 7.01. The molecule has 35 heavy (non-hydrogen) atoms. The van der Waals surface area contributed by atoms with E-state index in [0.717, 1.165) is 54.6 Å². The van der Waals surface area contributed by atoms with Crippen molar-refractivity contribution in [2.75, 3.05) is 20.2 Å². The van der Waals surface area contributed by atoms with Crippen LogP contribution in [0.2, 0.25) is 5.02 Å². The Hall–Kier alpha value is -1.47. The van der Waals surface area contributed by atoms with Crippen molar-refractivity contribution in [1.29, 1.82) is 0 Å². The molecule has 0 unspecified atom stereocenters. The van der Waals surface area contributed by atoms with Crippen LogP contribution < -0.4 is 14.8 Å². The fourth-order valence-corrected chi connectivity index (χ4v) is 4.97. The van der Waals surface area contributed by atoms with Crippen LogP contribution in [0.3, 0.4) is 0 Å². The number of hydrogen-bond donors (Lipinski definition) is 1. The predicted molar refractivity (Wildman–Crippen MR) is 153 cm³/mol. The van der Waals surface area contributed by atoms with E-state index in [1.54, 1.807) is 7.11 Å². The van der Waals surface area contributed by atoms with E-state index in [-0.39, 0.29) is 24.8 Å². The van der Waals surface area contributed by atoms with E-state index in [1.165, 1.54) is 5.56 Å². The van der Waals surface area contributed by atoms with Crippen LogP contribution in [-0.2, 0) is 19.7 Å². The van der Waals surface area contributed by atoms with Gasteiger partial charge in [-0.2, -0.15) is 0 Å². The Morgan fingerprint density at radius 3 is 2.34 bits per heavy atom. The van der Waals surface area contributed by atoms with Crippen molar-refractivity contribution in [3.63, 3.8) is 0 Å². The van der Waals surface area contributed by atoms with E-state index in [9.17, 15) is 0 Å². The maximum Gasteiger partial charge on any atom is 0.175 e. The summed E-state index contributed by atoms with van der Waals surface area (Å²) in [6, 6.07) is 23.1. The molecule has 1 aliphatic heterocycles. The van der Waals surface area contributed by atoms with Crippen molar-refractivity contribution in [2.45, 2.75) is 38.6 Å². The molecule has 1 N–H and O–H groups in total. The molecule has 4 rings (SSSR count). The molecule has 0 radical (unpaired) electrons. The van der Waals surface area contributed by atoms with E-state index in [2.05, 4.69) is 62.5 Å². The summed E-state index contributed by atoms with van der Waals surface area (Å²) >= 11 is 9.92. The normalized spacial score (nSPS) is 14.0. The van der Waals surface area contributed by atoms with Crippen molar-refractivity contribution in [1.82, 2.24) is 10.2 Å². The zero-order valence-corrected chi connectivity index (χ0v) is 23.7. The van der Waals surface area contributed by atoms with Crippen molar-refractivity contribution < 1.29 is 9.47 Å². The van der Waals surface area contributed by atoms with Crippen LogP contribution in [0.1, 0.15) is 29.5 Å². The quantitative estimate of drug-likeness (QED) is 0.279. The third kappa shape index (κ3) is 8.56. The number of ether oxygens (including phenoxy) is 2. The van der Waals surface area contributed by atoms with Gasteiger partial charge >= 0.3 is 0 Å². The summed E-state index contributed by atoms with van der Waals surface area (Å²) in [5.74, 6) is 1.40. The van der Waals surface area contributed by atoms with Gasteiger partial charge in [-0.15, -0.1) is 24.8 Å². The van der Waals surface area contributed by atoms with E-state index in [0.29, 0.717) is 29.2 Å². The molecule has 8 heteroatoms. The van der Waals surface area contributed by atoms with E-state index < -0.39 is 0 Å². The molecule has 0 aromatic heterocycles. The van der Waals surface area contributed by atoms with Crippen LogP contribution in [0.5, 0.6) is 11.5 Å². The second-order valence-electron chi connectivity index (χ2n) is 8.41. The fraction of sp³-hybridized carbons (Fsp3) is 0.333. The van der Waals surface area contributed by atoms with Crippen LogP contribution in [0.15, 0.2) is 71.2 Å². The van der Waals surface area contributed by atoms with Crippen LogP contribution in [0, 0.1) is 0 Å². The molecule has 3 aromatic carbocycles. The van der Waals surface area contributed by atoms with Gasteiger partial charge in [-0.1, -0.05) is 60.1 Å². The van der Waals surface area contributed by atoms with Gasteiger partial charge in [0.15, 0.2) is 11.5 Å². The average Bonchev–Trinajstić information content (AvgIpc) is 2.84. The number of rotatable bonds is 9. The Labute approximate surface area is 234 Å². The van der Waals surface area contributed by atoms with Gasteiger partial charge in [0.1, 0.15) is 6.61 Å². The molecular formula is C27H32BrCl3N2O2. The van der Waals surface area contributed by atoms with E-state index in [4.69, 9.17) is 21.1 Å². The maximum absolute atomic E-state index is 6.26. The Balaban J connectivity index is 0.00000216. The second kappa shape index (κ2) is 14.9. The molecule has 1 saturated heterocycles. The molecule has 0 aliphatic carbocycles. The average molecular weight is 603 g/mol. The van der Waals surface area contributed by atoms with Crippen LogP contribution in [-0.4, -0.2) is 31.1 Å². The number of hydrogen-bond acceptors (Lipinski definition) is 4. The molecular weight excluding hydrogens is 571 g/mol. The Morgan fingerprint density at radius 2 is 1.66 bits per heavy atom.